The Labute approximate surface area is 234 Å². The number of amides is 1. The van der Waals surface area contributed by atoms with E-state index in [-0.39, 0.29) is 50.3 Å². The third kappa shape index (κ3) is 4.84. The van der Waals surface area contributed by atoms with E-state index in [1.807, 2.05) is 11.8 Å². The van der Waals surface area contributed by atoms with Crippen LogP contribution in [0.1, 0.15) is 6.92 Å². The van der Waals surface area contributed by atoms with Gasteiger partial charge in [0.25, 0.3) is 0 Å². The number of piperazine rings is 1. The van der Waals surface area contributed by atoms with Crippen LogP contribution in [0.5, 0.6) is 0 Å². The van der Waals surface area contributed by atoms with E-state index in [9.17, 15) is 22.4 Å². The van der Waals surface area contributed by atoms with Gasteiger partial charge in [-0.05, 0) is 37.3 Å². The topological polar surface area (TPSA) is 118 Å². The summed E-state index contributed by atoms with van der Waals surface area (Å²) in [6.07, 6.45) is 4.80. The van der Waals surface area contributed by atoms with Crippen LogP contribution in [0.25, 0.3) is 28.0 Å². The Kier molecular flexibility index (Phi) is 7.15. The minimum atomic E-state index is -3.80. The van der Waals surface area contributed by atoms with Crippen LogP contribution >= 0.6 is 11.6 Å². The zero-order valence-electron chi connectivity index (χ0n) is 21.6. The average molecular weight is 583 g/mol. The molecule has 1 amide bonds. The Morgan fingerprint density at radius 2 is 1.95 bits per heavy atom. The van der Waals surface area contributed by atoms with Crippen LogP contribution in [0.2, 0.25) is 5.02 Å². The second kappa shape index (κ2) is 10.4. The lowest BCUT2D eigenvalue weighted by Crippen LogP contribution is -2.54. The van der Waals surface area contributed by atoms with Crippen molar-refractivity contribution in [1.82, 2.24) is 24.4 Å². The summed E-state index contributed by atoms with van der Waals surface area (Å²) in [4.78, 5) is 42.2. The van der Waals surface area contributed by atoms with Crippen LogP contribution in [0, 0.1) is 5.82 Å². The molecule has 0 N–H and O–H groups in total. The summed E-state index contributed by atoms with van der Waals surface area (Å²) < 4.78 is 41.1. The predicted molar refractivity (Wildman–Crippen MR) is 150 cm³/mol. The zero-order valence-corrected chi connectivity index (χ0v) is 23.2. The van der Waals surface area contributed by atoms with E-state index in [4.69, 9.17) is 11.6 Å². The Morgan fingerprint density at radius 1 is 1.20 bits per heavy atom. The first kappa shape index (κ1) is 27.4. The van der Waals surface area contributed by atoms with Gasteiger partial charge in [0, 0.05) is 43.7 Å². The van der Waals surface area contributed by atoms with Gasteiger partial charge in [-0.15, -0.1) is 0 Å². The molecule has 0 saturated carbocycles. The Bertz CT molecular complexity index is 1850. The number of carbonyl (C=O) groups excluding carboxylic acids is 1. The number of rotatable bonds is 5. The van der Waals surface area contributed by atoms with Gasteiger partial charge >= 0.3 is 5.69 Å². The highest BCUT2D eigenvalue weighted by molar-refractivity contribution is 7.90. The fourth-order valence-electron chi connectivity index (χ4n) is 4.84. The van der Waals surface area contributed by atoms with Gasteiger partial charge in [0.2, 0.25) is 5.91 Å². The molecular weight excluding hydrogens is 559 g/mol. The second-order valence-electron chi connectivity index (χ2n) is 9.37. The van der Waals surface area contributed by atoms with E-state index >= 15 is 0 Å². The number of hydrogen-bond acceptors (Lipinski definition) is 8. The second-order valence-corrected chi connectivity index (χ2v) is 11.8. The lowest BCUT2D eigenvalue weighted by atomic mass is 10.1. The third-order valence-corrected chi connectivity index (χ3v) is 8.15. The minimum Gasteiger partial charge on any atom is -0.350 e. The summed E-state index contributed by atoms with van der Waals surface area (Å²) in [5.41, 5.74) is -0.676. The van der Waals surface area contributed by atoms with Gasteiger partial charge in [-0.25, -0.2) is 27.2 Å². The number of halogens is 2. The molecular formula is C27H24ClFN6O4S. The Hall–Kier alpha value is -4.16. The van der Waals surface area contributed by atoms with Gasteiger partial charge in [-0.2, -0.15) is 4.98 Å². The lowest BCUT2D eigenvalue weighted by molar-refractivity contribution is -0.126. The van der Waals surface area contributed by atoms with Crippen LogP contribution in [-0.4, -0.2) is 70.7 Å². The number of sulfone groups is 1. The summed E-state index contributed by atoms with van der Waals surface area (Å²) in [5, 5.41) is 0.442. The molecule has 0 unspecified atom stereocenters. The normalized spacial score (nSPS) is 15.8. The molecule has 0 radical (unpaired) electrons. The lowest BCUT2D eigenvalue weighted by Gasteiger charge is -2.40. The number of nitrogens with zero attached hydrogens (tertiary/aromatic N) is 6. The van der Waals surface area contributed by atoms with Crippen LogP contribution in [0.3, 0.4) is 0 Å². The van der Waals surface area contributed by atoms with E-state index in [1.54, 1.807) is 11.0 Å². The number of pyridine rings is 2. The first-order valence-electron chi connectivity index (χ1n) is 12.2. The molecule has 206 valence electrons. The summed E-state index contributed by atoms with van der Waals surface area (Å²) in [6.45, 7) is 6.48. The molecule has 0 aliphatic carbocycles. The van der Waals surface area contributed by atoms with Gasteiger partial charge < -0.3 is 9.80 Å². The molecule has 3 aromatic heterocycles. The van der Waals surface area contributed by atoms with Gasteiger partial charge in [-0.3, -0.25) is 9.78 Å². The molecule has 0 spiro atoms. The van der Waals surface area contributed by atoms with Crippen molar-refractivity contribution >= 4 is 44.2 Å². The first-order chi connectivity index (χ1) is 19.0. The highest BCUT2D eigenvalue weighted by atomic mass is 35.5. The van der Waals surface area contributed by atoms with Crippen LogP contribution in [-0.2, 0) is 14.6 Å². The standard InChI is InChI=1S/C27H24ClFN6O4S/c1-4-23(36)33-11-12-34(16(2)15-33)25-18-13-19(28)24(17-7-5-6-8-20(17)29)31-26(18)35(27(37)32-25)21-14-30-10-9-22(21)40(3,38)39/h4-10,13-14,16H,1,11-12,15H2,2-3H3/t16-/m0/s1. The van der Waals surface area contributed by atoms with Gasteiger partial charge in [0.05, 0.1) is 32.9 Å². The molecule has 1 aromatic carbocycles. The van der Waals surface area contributed by atoms with Gasteiger partial charge in [-0.1, -0.05) is 30.3 Å². The molecule has 1 atom stereocenters. The van der Waals surface area contributed by atoms with E-state index < -0.39 is 21.3 Å². The van der Waals surface area contributed by atoms with Crippen molar-refractivity contribution in [3.63, 3.8) is 0 Å². The van der Waals surface area contributed by atoms with Crippen LogP contribution in [0.4, 0.5) is 10.2 Å². The Balaban J connectivity index is 1.81. The molecule has 40 heavy (non-hydrogen) atoms. The maximum absolute atomic E-state index is 14.8. The molecule has 1 aliphatic heterocycles. The summed E-state index contributed by atoms with van der Waals surface area (Å²) in [7, 11) is -3.80. The number of hydrogen-bond donors (Lipinski definition) is 0. The zero-order chi connectivity index (χ0) is 28.8. The molecule has 13 heteroatoms. The van der Waals surface area contributed by atoms with Crippen LogP contribution in [0.15, 0.2) is 71.1 Å². The van der Waals surface area contributed by atoms with E-state index in [2.05, 4.69) is 21.5 Å². The quantitative estimate of drug-likeness (QED) is 0.329. The molecule has 5 rings (SSSR count). The number of fused-ring (bicyclic) bond motifs is 1. The molecule has 1 fully saturated rings. The Morgan fingerprint density at radius 3 is 2.62 bits per heavy atom. The van der Waals surface area contributed by atoms with Crippen molar-refractivity contribution in [1.29, 1.82) is 0 Å². The summed E-state index contributed by atoms with van der Waals surface area (Å²) in [5.74, 6) is -0.521. The summed E-state index contributed by atoms with van der Waals surface area (Å²) >= 11 is 6.65. The van der Waals surface area contributed by atoms with Crippen LogP contribution < -0.4 is 10.6 Å². The maximum Gasteiger partial charge on any atom is 0.355 e. The number of carbonyl (C=O) groups is 1. The number of benzene rings is 1. The molecule has 0 bridgehead atoms. The largest absolute Gasteiger partial charge is 0.355 e. The minimum absolute atomic E-state index is 0.0207. The monoisotopic (exact) mass is 582 g/mol. The van der Waals surface area contributed by atoms with E-state index in [1.165, 1.54) is 48.8 Å². The highest BCUT2D eigenvalue weighted by Gasteiger charge is 2.30. The van der Waals surface area contributed by atoms with Gasteiger partial charge in [0.1, 0.15) is 11.6 Å². The smallest absolute Gasteiger partial charge is 0.350 e. The van der Waals surface area contributed by atoms with Crippen molar-refractivity contribution < 1.29 is 17.6 Å². The predicted octanol–water partition coefficient (Wildman–Crippen LogP) is 3.26. The van der Waals surface area contributed by atoms with Crippen molar-refractivity contribution in [3.8, 4) is 16.9 Å². The number of anilines is 1. The highest BCUT2D eigenvalue weighted by Crippen LogP contribution is 2.35. The average Bonchev–Trinajstić information content (AvgIpc) is 2.92. The maximum atomic E-state index is 14.8. The number of aromatic nitrogens is 4. The molecule has 4 heterocycles. The molecule has 10 nitrogen and oxygen atoms in total. The van der Waals surface area contributed by atoms with E-state index in [0.29, 0.717) is 25.0 Å². The fourth-order valence-corrected chi connectivity index (χ4v) is 5.93. The molecule has 4 aromatic rings. The van der Waals surface area contributed by atoms with Gasteiger partial charge in [0.15, 0.2) is 15.5 Å². The fraction of sp³-hybridized carbons (Fsp3) is 0.222. The van der Waals surface area contributed by atoms with Crippen molar-refractivity contribution in [2.45, 2.75) is 17.9 Å². The summed E-state index contributed by atoms with van der Waals surface area (Å²) in [6, 6.07) is 8.48. The first-order valence-corrected chi connectivity index (χ1v) is 14.5. The SMILES string of the molecule is C=CC(=O)N1CCN(c2nc(=O)n(-c3cnccc3S(C)(=O)=O)c3nc(-c4ccccc4F)c(Cl)cc23)[C@@H](C)C1. The third-order valence-electron chi connectivity index (χ3n) is 6.72. The molecule has 1 saturated heterocycles. The van der Waals surface area contributed by atoms with Crippen molar-refractivity contribution in [2.24, 2.45) is 0 Å². The van der Waals surface area contributed by atoms with Crippen molar-refractivity contribution in [3.05, 3.63) is 82.8 Å². The van der Waals surface area contributed by atoms with Crippen molar-refractivity contribution in [2.75, 3.05) is 30.8 Å². The molecule has 1 aliphatic rings. The van der Waals surface area contributed by atoms with E-state index in [0.717, 1.165) is 10.8 Å².